The molecule has 2 aromatic rings. The molecule has 0 aliphatic heterocycles. The van der Waals surface area contributed by atoms with Gasteiger partial charge in [-0.3, -0.25) is 9.59 Å². The third-order valence-electron chi connectivity index (χ3n) is 3.88. The summed E-state index contributed by atoms with van der Waals surface area (Å²) >= 11 is 0. The van der Waals surface area contributed by atoms with E-state index in [0.717, 1.165) is 5.56 Å². The summed E-state index contributed by atoms with van der Waals surface area (Å²) < 4.78 is 17.8. The van der Waals surface area contributed by atoms with Crippen molar-refractivity contribution in [1.82, 2.24) is 10.2 Å². The van der Waals surface area contributed by atoms with Crippen molar-refractivity contribution < 1.29 is 28.6 Å². The van der Waals surface area contributed by atoms with Gasteiger partial charge in [0.25, 0.3) is 5.91 Å². The first-order valence-electron chi connectivity index (χ1n) is 8.64. The Bertz CT molecular complexity index is 839. The molecular weight excluding hydrogens is 367 g/mol. The zero-order valence-corrected chi connectivity index (χ0v) is 15.4. The van der Waals surface area contributed by atoms with Crippen LogP contribution in [0.1, 0.15) is 22.8 Å². The number of amides is 2. The lowest BCUT2D eigenvalue weighted by molar-refractivity contribution is -0.138. The smallest absolute Gasteiger partial charge is 0.338 e. The number of phenols is 1. The Morgan fingerprint density at radius 3 is 2.50 bits per heavy atom. The summed E-state index contributed by atoms with van der Waals surface area (Å²) in [6.07, 6.45) is 0. The van der Waals surface area contributed by atoms with Crippen LogP contribution in [0.3, 0.4) is 0 Å². The zero-order chi connectivity index (χ0) is 20.5. The molecule has 0 saturated carbocycles. The van der Waals surface area contributed by atoms with Gasteiger partial charge in [-0.15, -0.1) is 0 Å². The van der Waals surface area contributed by atoms with Crippen molar-refractivity contribution >= 4 is 17.8 Å². The first-order chi connectivity index (χ1) is 13.4. The number of hydrogen-bond acceptors (Lipinski definition) is 5. The molecule has 0 heterocycles. The number of nitrogens with zero attached hydrogens (tertiary/aromatic N) is 1. The van der Waals surface area contributed by atoms with Crippen molar-refractivity contribution in [2.45, 2.75) is 13.5 Å². The summed E-state index contributed by atoms with van der Waals surface area (Å²) in [5, 5.41) is 12.0. The molecule has 0 aliphatic rings. The molecule has 2 amide bonds. The van der Waals surface area contributed by atoms with Crippen molar-refractivity contribution in [1.29, 1.82) is 0 Å². The third kappa shape index (κ3) is 6.39. The fourth-order valence-corrected chi connectivity index (χ4v) is 2.34. The topological polar surface area (TPSA) is 95.9 Å². The largest absolute Gasteiger partial charge is 0.508 e. The SMILES string of the molecule is CCN(CC(=O)NCc1ccc(F)cc1)C(=O)COC(=O)c1cccc(O)c1. The van der Waals surface area contributed by atoms with Gasteiger partial charge in [-0.05, 0) is 42.8 Å². The molecule has 0 spiro atoms. The van der Waals surface area contributed by atoms with Crippen LogP contribution in [0.2, 0.25) is 0 Å². The van der Waals surface area contributed by atoms with E-state index < -0.39 is 18.5 Å². The molecule has 0 radical (unpaired) electrons. The molecule has 2 aromatic carbocycles. The van der Waals surface area contributed by atoms with Crippen molar-refractivity contribution in [3.05, 3.63) is 65.5 Å². The van der Waals surface area contributed by atoms with Crippen LogP contribution >= 0.6 is 0 Å². The van der Waals surface area contributed by atoms with Gasteiger partial charge < -0.3 is 20.1 Å². The van der Waals surface area contributed by atoms with E-state index in [9.17, 15) is 23.9 Å². The van der Waals surface area contributed by atoms with E-state index in [1.54, 1.807) is 19.1 Å². The number of carbonyl (C=O) groups is 3. The number of likely N-dealkylation sites (N-methyl/N-ethyl adjacent to an activating group) is 1. The lowest BCUT2D eigenvalue weighted by atomic mass is 10.2. The summed E-state index contributed by atoms with van der Waals surface area (Å²) in [6.45, 7) is 1.44. The molecule has 0 unspecified atom stereocenters. The van der Waals surface area contributed by atoms with Crippen molar-refractivity contribution in [2.24, 2.45) is 0 Å². The van der Waals surface area contributed by atoms with Gasteiger partial charge in [-0.25, -0.2) is 9.18 Å². The maximum Gasteiger partial charge on any atom is 0.338 e. The molecule has 28 heavy (non-hydrogen) atoms. The Kier molecular flexibility index (Phi) is 7.50. The second-order valence-electron chi connectivity index (χ2n) is 5.94. The number of nitrogens with one attached hydrogen (secondary N) is 1. The molecule has 0 atom stereocenters. The summed E-state index contributed by atoms with van der Waals surface area (Å²) in [7, 11) is 0. The Morgan fingerprint density at radius 1 is 1.14 bits per heavy atom. The highest BCUT2D eigenvalue weighted by Gasteiger charge is 2.18. The first-order valence-corrected chi connectivity index (χ1v) is 8.64. The molecule has 148 valence electrons. The summed E-state index contributed by atoms with van der Waals surface area (Å²) in [6, 6.07) is 11.3. The number of carbonyl (C=O) groups excluding carboxylic acids is 3. The number of ether oxygens (including phenoxy) is 1. The predicted octanol–water partition coefficient (Wildman–Crippen LogP) is 1.85. The first kappa shape index (κ1) is 20.9. The van der Waals surface area contributed by atoms with Crippen molar-refractivity contribution in [3.8, 4) is 5.75 Å². The maximum absolute atomic E-state index is 12.9. The minimum Gasteiger partial charge on any atom is -0.508 e. The third-order valence-corrected chi connectivity index (χ3v) is 3.88. The lowest BCUT2D eigenvalue weighted by Crippen LogP contribution is -2.42. The van der Waals surface area contributed by atoms with Crippen molar-refractivity contribution in [3.63, 3.8) is 0 Å². The van der Waals surface area contributed by atoms with Gasteiger partial charge in [-0.1, -0.05) is 18.2 Å². The highest BCUT2D eigenvalue weighted by molar-refractivity contribution is 5.92. The van der Waals surface area contributed by atoms with E-state index in [1.165, 1.54) is 41.3 Å². The lowest BCUT2D eigenvalue weighted by Gasteiger charge is -2.20. The number of esters is 1. The van der Waals surface area contributed by atoms with Crippen LogP contribution in [-0.4, -0.2) is 47.5 Å². The van der Waals surface area contributed by atoms with Crippen LogP contribution in [0.25, 0.3) is 0 Å². The van der Waals surface area contributed by atoms with E-state index in [-0.39, 0.29) is 42.7 Å². The molecular formula is C20H21FN2O5. The Labute approximate surface area is 161 Å². The van der Waals surface area contributed by atoms with Gasteiger partial charge in [0.2, 0.25) is 5.91 Å². The van der Waals surface area contributed by atoms with E-state index in [2.05, 4.69) is 5.32 Å². The second kappa shape index (κ2) is 10.1. The monoisotopic (exact) mass is 388 g/mol. The second-order valence-corrected chi connectivity index (χ2v) is 5.94. The molecule has 2 N–H and O–H groups in total. The summed E-state index contributed by atoms with van der Waals surface area (Å²) in [5.74, 6) is -2.11. The van der Waals surface area contributed by atoms with Crippen LogP contribution in [0, 0.1) is 5.82 Å². The number of halogens is 1. The van der Waals surface area contributed by atoms with E-state index in [4.69, 9.17) is 4.74 Å². The fraction of sp³-hybridized carbons (Fsp3) is 0.250. The van der Waals surface area contributed by atoms with Gasteiger partial charge >= 0.3 is 5.97 Å². The zero-order valence-electron chi connectivity index (χ0n) is 15.4. The Hall–Kier alpha value is -3.42. The van der Waals surface area contributed by atoms with Gasteiger partial charge in [0, 0.05) is 13.1 Å². The molecule has 7 nitrogen and oxygen atoms in total. The highest BCUT2D eigenvalue weighted by Crippen LogP contribution is 2.11. The van der Waals surface area contributed by atoms with Crippen LogP contribution in [0.15, 0.2) is 48.5 Å². The summed E-state index contributed by atoms with van der Waals surface area (Å²) in [5.41, 5.74) is 0.844. The molecule has 0 fully saturated rings. The van der Waals surface area contributed by atoms with Crippen LogP contribution < -0.4 is 5.32 Å². The normalized spacial score (nSPS) is 10.2. The average Bonchev–Trinajstić information content (AvgIpc) is 2.69. The molecule has 0 saturated heterocycles. The Balaban J connectivity index is 1.80. The maximum atomic E-state index is 12.9. The van der Waals surface area contributed by atoms with Gasteiger partial charge in [0.1, 0.15) is 11.6 Å². The minimum absolute atomic E-state index is 0.0891. The van der Waals surface area contributed by atoms with Gasteiger partial charge in [0.05, 0.1) is 12.1 Å². The van der Waals surface area contributed by atoms with E-state index in [1.807, 2.05) is 0 Å². The standard InChI is InChI=1S/C20H21FN2O5/c1-2-23(12-18(25)22-11-14-6-8-16(21)9-7-14)19(26)13-28-20(27)15-4-3-5-17(24)10-15/h3-10,24H,2,11-13H2,1H3,(H,22,25). The molecule has 0 aliphatic carbocycles. The van der Waals surface area contributed by atoms with E-state index in [0.29, 0.717) is 0 Å². The molecule has 0 bridgehead atoms. The number of phenolic OH excluding ortho intramolecular Hbond substituents is 1. The molecule has 8 heteroatoms. The summed E-state index contributed by atoms with van der Waals surface area (Å²) in [4.78, 5) is 37.4. The van der Waals surface area contributed by atoms with Crippen LogP contribution in [0.5, 0.6) is 5.75 Å². The number of benzene rings is 2. The highest BCUT2D eigenvalue weighted by atomic mass is 19.1. The number of aromatic hydroxyl groups is 1. The van der Waals surface area contributed by atoms with Gasteiger partial charge in [0.15, 0.2) is 6.61 Å². The van der Waals surface area contributed by atoms with Crippen LogP contribution in [0.4, 0.5) is 4.39 Å². The van der Waals surface area contributed by atoms with E-state index >= 15 is 0 Å². The molecule has 0 aromatic heterocycles. The van der Waals surface area contributed by atoms with Gasteiger partial charge in [-0.2, -0.15) is 0 Å². The number of hydrogen-bond donors (Lipinski definition) is 2. The molecule has 2 rings (SSSR count). The van der Waals surface area contributed by atoms with Crippen LogP contribution in [-0.2, 0) is 20.9 Å². The Morgan fingerprint density at radius 2 is 1.86 bits per heavy atom. The van der Waals surface area contributed by atoms with Crippen molar-refractivity contribution in [2.75, 3.05) is 19.7 Å². The average molecular weight is 388 g/mol. The number of rotatable bonds is 8. The fourth-order valence-electron chi connectivity index (χ4n) is 2.34. The predicted molar refractivity (Wildman–Crippen MR) is 98.9 cm³/mol. The quantitative estimate of drug-likeness (QED) is 0.673. The minimum atomic E-state index is -0.749.